The number of amidine groups is 1. The van der Waals surface area contributed by atoms with Gasteiger partial charge in [0.2, 0.25) is 0 Å². The lowest BCUT2D eigenvalue weighted by atomic mass is 10.1. The summed E-state index contributed by atoms with van der Waals surface area (Å²) >= 11 is 2.44. The second kappa shape index (κ2) is 9.94. The van der Waals surface area contributed by atoms with Crippen LogP contribution in [0.5, 0.6) is 0 Å². The second-order valence-electron chi connectivity index (χ2n) is 8.33. The molecule has 1 aromatic rings. The van der Waals surface area contributed by atoms with Crippen LogP contribution in [0.3, 0.4) is 0 Å². The van der Waals surface area contributed by atoms with E-state index >= 15 is 0 Å². The SMILES string of the molecule is CC(C)(SC1CN=C(NC(=O)N(CC2CCCC2)c2ccccc2C(F)(F)F)S1)C(=O)O. The molecule has 3 rings (SSSR count). The molecule has 1 saturated carbocycles. The molecule has 1 aromatic carbocycles. The van der Waals surface area contributed by atoms with E-state index in [4.69, 9.17) is 0 Å². The van der Waals surface area contributed by atoms with Crippen molar-refractivity contribution in [1.29, 1.82) is 0 Å². The third-order valence-electron chi connectivity index (χ3n) is 5.44. The predicted octanol–water partition coefficient (Wildman–Crippen LogP) is 5.44. The number of para-hydroxylation sites is 1. The van der Waals surface area contributed by atoms with Gasteiger partial charge in [-0.1, -0.05) is 36.7 Å². The highest BCUT2D eigenvalue weighted by Gasteiger charge is 2.38. The molecule has 0 aromatic heterocycles. The van der Waals surface area contributed by atoms with E-state index in [9.17, 15) is 27.9 Å². The number of carboxylic acids is 1. The number of benzene rings is 1. The minimum absolute atomic E-state index is 0.139. The van der Waals surface area contributed by atoms with Gasteiger partial charge in [0.15, 0.2) is 5.17 Å². The number of urea groups is 1. The molecule has 176 valence electrons. The number of halogens is 3. The molecular formula is C21H26F3N3O3S2. The fourth-order valence-electron chi connectivity index (χ4n) is 3.72. The zero-order chi connectivity index (χ0) is 23.5. The minimum Gasteiger partial charge on any atom is -0.480 e. The maximum Gasteiger partial charge on any atom is 0.418 e. The van der Waals surface area contributed by atoms with Crippen molar-refractivity contribution < 1.29 is 27.9 Å². The average Bonchev–Trinajstić information content (AvgIpc) is 3.37. The van der Waals surface area contributed by atoms with Crippen LogP contribution in [0.1, 0.15) is 45.1 Å². The highest BCUT2D eigenvalue weighted by molar-refractivity contribution is 8.25. The van der Waals surface area contributed by atoms with Crippen LogP contribution in [0, 0.1) is 5.92 Å². The second-order valence-corrected chi connectivity index (χ2v) is 11.6. The number of carbonyl (C=O) groups excluding carboxylic acids is 1. The van der Waals surface area contributed by atoms with Crippen LogP contribution in [0.25, 0.3) is 0 Å². The van der Waals surface area contributed by atoms with E-state index in [1.54, 1.807) is 13.8 Å². The maximum atomic E-state index is 13.6. The molecule has 2 N–H and O–H groups in total. The number of carbonyl (C=O) groups is 2. The van der Waals surface area contributed by atoms with Crippen molar-refractivity contribution in [3.63, 3.8) is 0 Å². The highest BCUT2D eigenvalue weighted by atomic mass is 32.2. The van der Waals surface area contributed by atoms with Gasteiger partial charge in [-0.25, -0.2) is 4.79 Å². The number of carboxylic acid groups (broad SMARTS) is 1. The number of aliphatic carboxylic acids is 1. The molecule has 11 heteroatoms. The lowest BCUT2D eigenvalue weighted by Gasteiger charge is -2.28. The maximum absolute atomic E-state index is 13.6. The Bertz CT molecular complexity index is 887. The lowest BCUT2D eigenvalue weighted by Crippen LogP contribution is -2.44. The van der Waals surface area contributed by atoms with Gasteiger partial charge in [0.1, 0.15) is 4.75 Å². The Balaban J connectivity index is 1.75. The number of rotatable bonds is 6. The van der Waals surface area contributed by atoms with E-state index in [1.165, 1.54) is 46.6 Å². The highest BCUT2D eigenvalue weighted by Crippen LogP contribution is 2.40. The summed E-state index contributed by atoms with van der Waals surface area (Å²) in [7, 11) is 0. The minimum atomic E-state index is -4.59. The van der Waals surface area contributed by atoms with E-state index in [1.807, 2.05) is 0 Å². The summed E-state index contributed by atoms with van der Waals surface area (Å²) in [6.07, 6.45) is -0.842. The van der Waals surface area contributed by atoms with Gasteiger partial charge in [0, 0.05) is 6.54 Å². The lowest BCUT2D eigenvalue weighted by molar-refractivity contribution is -0.139. The van der Waals surface area contributed by atoms with Gasteiger partial charge in [-0.2, -0.15) is 13.2 Å². The van der Waals surface area contributed by atoms with Gasteiger partial charge in [0.25, 0.3) is 0 Å². The summed E-state index contributed by atoms with van der Waals surface area (Å²) in [4.78, 5) is 29.9. The van der Waals surface area contributed by atoms with E-state index in [0.29, 0.717) is 6.54 Å². The van der Waals surface area contributed by atoms with Crippen LogP contribution in [0.4, 0.5) is 23.7 Å². The van der Waals surface area contributed by atoms with E-state index < -0.39 is 28.5 Å². The van der Waals surface area contributed by atoms with Crippen LogP contribution in [0.15, 0.2) is 29.3 Å². The number of hydrogen-bond acceptors (Lipinski definition) is 5. The molecule has 0 spiro atoms. The monoisotopic (exact) mass is 489 g/mol. The first-order chi connectivity index (χ1) is 15.0. The molecular weight excluding hydrogens is 463 g/mol. The van der Waals surface area contributed by atoms with Crippen LogP contribution >= 0.6 is 23.5 Å². The Morgan fingerprint density at radius 3 is 2.53 bits per heavy atom. The van der Waals surface area contributed by atoms with Gasteiger partial charge in [-0.3, -0.25) is 20.0 Å². The number of amides is 2. The summed E-state index contributed by atoms with van der Waals surface area (Å²) < 4.78 is 39.7. The number of aliphatic imine (C=N–C) groups is 1. The van der Waals surface area contributed by atoms with Gasteiger partial charge in [-0.05, 0) is 44.7 Å². The standard InChI is InChI=1S/C21H26F3N3O3S2/c1-20(2,17(28)29)32-16-11-25-18(31-16)26-19(30)27(12-13-7-3-4-8-13)15-10-6-5-9-14(15)21(22,23)24/h5-6,9-10,13,16H,3-4,7-8,11-12H2,1-2H3,(H,28,29)(H,25,26,30). The van der Waals surface area contributed by atoms with E-state index in [0.717, 1.165) is 31.7 Å². The van der Waals surface area contributed by atoms with Crippen molar-refractivity contribution in [3.05, 3.63) is 29.8 Å². The zero-order valence-electron chi connectivity index (χ0n) is 17.8. The van der Waals surface area contributed by atoms with Crippen LogP contribution in [-0.4, -0.2) is 44.7 Å². The van der Waals surface area contributed by atoms with E-state index in [-0.39, 0.29) is 27.9 Å². The molecule has 2 aliphatic rings. The third kappa shape index (κ3) is 6.12. The fourth-order valence-corrected chi connectivity index (χ4v) is 6.50. The number of thioether (sulfide) groups is 2. The molecule has 6 nitrogen and oxygen atoms in total. The Morgan fingerprint density at radius 2 is 1.91 bits per heavy atom. The Morgan fingerprint density at radius 1 is 1.25 bits per heavy atom. The first-order valence-corrected chi connectivity index (χ1v) is 12.1. The summed E-state index contributed by atoms with van der Waals surface area (Å²) in [5.41, 5.74) is -1.03. The number of anilines is 1. The summed E-state index contributed by atoms with van der Waals surface area (Å²) in [6, 6.07) is 4.42. The van der Waals surface area contributed by atoms with Gasteiger partial charge in [-0.15, -0.1) is 11.8 Å². The number of nitrogens with one attached hydrogen (secondary N) is 1. The van der Waals surface area contributed by atoms with Crippen molar-refractivity contribution in [2.45, 2.75) is 55.0 Å². The zero-order valence-corrected chi connectivity index (χ0v) is 19.4. The Labute approximate surface area is 193 Å². The van der Waals surface area contributed by atoms with Gasteiger partial charge >= 0.3 is 18.2 Å². The molecule has 1 unspecified atom stereocenters. The Kier molecular flexibility index (Phi) is 7.69. The number of alkyl halides is 3. The normalized spacial score (nSPS) is 19.7. The Hall–Kier alpha value is -1.88. The smallest absolute Gasteiger partial charge is 0.418 e. The fraction of sp³-hybridized carbons (Fsp3) is 0.571. The van der Waals surface area contributed by atoms with Gasteiger partial charge in [0.05, 0.1) is 22.4 Å². The molecule has 0 radical (unpaired) electrons. The predicted molar refractivity (Wildman–Crippen MR) is 122 cm³/mol. The molecule has 1 aliphatic heterocycles. The van der Waals surface area contributed by atoms with Crippen molar-refractivity contribution in [2.24, 2.45) is 10.9 Å². The third-order valence-corrected chi connectivity index (χ3v) is 8.06. The summed E-state index contributed by atoms with van der Waals surface area (Å²) in [6.45, 7) is 3.69. The molecule has 1 aliphatic carbocycles. The average molecular weight is 490 g/mol. The van der Waals surface area contributed by atoms with E-state index in [2.05, 4.69) is 10.3 Å². The largest absolute Gasteiger partial charge is 0.480 e. The number of hydrogen-bond donors (Lipinski definition) is 2. The molecule has 1 atom stereocenters. The van der Waals surface area contributed by atoms with Crippen LogP contribution < -0.4 is 10.2 Å². The summed E-state index contributed by atoms with van der Waals surface area (Å²) in [5, 5.41) is 12.2. The molecule has 0 bridgehead atoms. The molecule has 2 amide bonds. The molecule has 0 saturated heterocycles. The van der Waals surface area contributed by atoms with Crippen molar-refractivity contribution in [3.8, 4) is 0 Å². The van der Waals surface area contributed by atoms with Crippen LogP contribution in [-0.2, 0) is 11.0 Å². The van der Waals surface area contributed by atoms with Crippen molar-refractivity contribution >= 4 is 46.4 Å². The molecule has 1 fully saturated rings. The van der Waals surface area contributed by atoms with Crippen LogP contribution in [0.2, 0.25) is 0 Å². The quantitative estimate of drug-likeness (QED) is 0.556. The van der Waals surface area contributed by atoms with Crippen molar-refractivity contribution in [1.82, 2.24) is 5.32 Å². The first kappa shape index (κ1) is 24.8. The topological polar surface area (TPSA) is 82.0 Å². The van der Waals surface area contributed by atoms with Crippen molar-refractivity contribution in [2.75, 3.05) is 18.0 Å². The van der Waals surface area contributed by atoms with Gasteiger partial charge < -0.3 is 5.11 Å². The first-order valence-electron chi connectivity index (χ1n) is 10.3. The molecule has 1 heterocycles. The summed E-state index contributed by atoms with van der Waals surface area (Å²) in [5.74, 6) is -0.813. The number of nitrogens with zero attached hydrogens (tertiary/aromatic N) is 2. The molecule has 32 heavy (non-hydrogen) atoms.